The Morgan fingerprint density at radius 3 is 2.43 bits per heavy atom. The van der Waals surface area contributed by atoms with Gasteiger partial charge in [0.05, 0.1) is 18.0 Å². The van der Waals surface area contributed by atoms with Gasteiger partial charge in [0.15, 0.2) is 20.4 Å². The Hall–Kier alpha value is -0.990. The number of hydrogen-bond acceptors (Lipinski definition) is 7. The molecule has 1 aromatic heterocycles. The Morgan fingerprint density at radius 1 is 1.39 bits per heavy atom. The van der Waals surface area contributed by atoms with E-state index in [1.807, 2.05) is 6.07 Å². The first-order valence-electron chi connectivity index (χ1n) is 8.68. The molecule has 156 valence electrons. The van der Waals surface area contributed by atoms with Gasteiger partial charge >= 0.3 is 0 Å². The maximum absolute atomic E-state index is 14.6. The molecule has 28 heavy (non-hydrogen) atoms. The van der Waals surface area contributed by atoms with Gasteiger partial charge in [-0.25, -0.2) is 22.8 Å². The van der Waals surface area contributed by atoms with Crippen molar-refractivity contribution in [3.63, 3.8) is 0 Å². The highest BCUT2D eigenvalue weighted by molar-refractivity contribution is 7.93. The van der Waals surface area contributed by atoms with Crippen LogP contribution < -0.4 is 4.72 Å². The largest absolute Gasteiger partial charge is 0.598 e. The summed E-state index contributed by atoms with van der Waals surface area (Å²) >= 11 is 4.06. The van der Waals surface area contributed by atoms with E-state index in [9.17, 15) is 22.6 Å². The van der Waals surface area contributed by atoms with Crippen molar-refractivity contribution in [2.24, 2.45) is 5.92 Å². The maximum Gasteiger partial charge on any atom is 0.222 e. The molecule has 1 aliphatic carbocycles. The van der Waals surface area contributed by atoms with Crippen molar-refractivity contribution in [1.82, 2.24) is 14.7 Å². The van der Waals surface area contributed by atoms with Crippen LogP contribution in [0.5, 0.6) is 0 Å². The summed E-state index contributed by atoms with van der Waals surface area (Å²) in [6.07, 6.45) is 2.10. The SMILES string of the molecule is CC(C)(C)[S+]([O-])N[C@@](C)(CS(=O)(=O)C(C)(C#N)C1CC1)c1nc(Cl)ncc1F. The lowest BCUT2D eigenvalue weighted by molar-refractivity contribution is 0.415. The first-order chi connectivity index (χ1) is 12.7. The minimum atomic E-state index is -4.06. The predicted molar refractivity (Wildman–Crippen MR) is 106 cm³/mol. The van der Waals surface area contributed by atoms with Crippen molar-refractivity contribution < 1.29 is 17.4 Å². The van der Waals surface area contributed by atoms with E-state index in [0.29, 0.717) is 12.8 Å². The van der Waals surface area contributed by atoms with E-state index >= 15 is 0 Å². The highest BCUT2D eigenvalue weighted by Crippen LogP contribution is 2.45. The number of nitrogens with zero attached hydrogens (tertiary/aromatic N) is 3. The molecule has 0 saturated heterocycles. The Kier molecular flexibility index (Phi) is 6.39. The molecule has 2 unspecified atom stereocenters. The zero-order chi connectivity index (χ0) is 21.5. The van der Waals surface area contributed by atoms with Gasteiger partial charge < -0.3 is 4.55 Å². The van der Waals surface area contributed by atoms with E-state index in [4.69, 9.17) is 11.6 Å². The third kappa shape index (κ3) is 4.60. The highest BCUT2D eigenvalue weighted by atomic mass is 35.5. The van der Waals surface area contributed by atoms with Crippen molar-refractivity contribution in [2.45, 2.75) is 62.5 Å². The van der Waals surface area contributed by atoms with Crippen LogP contribution in [0.15, 0.2) is 6.20 Å². The van der Waals surface area contributed by atoms with Crippen LogP contribution in [0.3, 0.4) is 0 Å². The van der Waals surface area contributed by atoms with Crippen molar-refractivity contribution in [3.05, 3.63) is 23.0 Å². The fraction of sp³-hybridized carbons (Fsp3) is 0.706. The molecule has 0 aliphatic heterocycles. The zero-order valence-corrected chi connectivity index (χ0v) is 18.8. The molecule has 0 aromatic carbocycles. The van der Waals surface area contributed by atoms with E-state index < -0.39 is 47.8 Å². The van der Waals surface area contributed by atoms with Crippen LogP contribution in [0, 0.1) is 23.1 Å². The quantitative estimate of drug-likeness (QED) is 0.500. The maximum atomic E-state index is 14.6. The zero-order valence-electron chi connectivity index (χ0n) is 16.4. The van der Waals surface area contributed by atoms with Gasteiger partial charge in [-0.2, -0.15) is 5.26 Å². The van der Waals surface area contributed by atoms with Gasteiger partial charge in [-0.1, -0.05) is 0 Å². The molecule has 0 spiro atoms. The Morgan fingerprint density at radius 2 is 1.96 bits per heavy atom. The summed E-state index contributed by atoms with van der Waals surface area (Å²) in [5.74, 6) is -1.84. The van der Waals surface area contributed by atoms with E-state index in [-0.39, 0.29) is 16.9 Å². The standard InChI is InChI=1S/C17H24ClFN4O3S2/c1-15(2,3)27(24)23-16(4,13-12(19)8-21-14(18)22-13)10-28(25,26)17(5,9-20)11-6-7-11/h8,11,23H,6-7,10H2,1-5H3/t16-,17?,27?/m0/s1. The minimum Gasteiger partial charge on any atom is -0.598 e. The number of halogens is 2. The van der Waals surface area contributed by atoms with Gasteiger partial charge in [-0.05, 0) is 65.0 Å². The van der Waals surface area contributed by atoms with Crippen LogP contribution >= 0.6 is 11.6 Å². The van der Waals surface area contributed by atoms with Crippen LogP contribution in [0.1, 0.15) is 53.2 Å². The normalized spacial score (nSPS) is 20.7. The monoisotopic (exact) mass is 450 g/mol. The number of nitriles is 1. The molecule has 11 heteroatoms. The number of rotatable bonds is 7. The summed E-state index contributed by atoms with van der Waals surface area (Å²) in [5, 5.41) is 9.31. The number of hydrogen-bond donors (Lipinski definition) is 1. The lowest BCUT2D eigenvalue weighted by atomic mass is 10.0. The summed E-state index contributed by atoms with van der Waals surface area (Å²) in [4.78, 5) is 7.42. The fourth-order valence-corrected chi connectivity index (χ4v) is 6.08. The first-order valence-corrected chi connectivity index (χ1v) is 11.9. The molecular weight excluding hydrogens is 427 g/mol. The first kappa shape index (κ1) is 23.3. The van der Waals surface area contributed by atoms with Gasteiger partial charge in [0.1, 0.15) is 16.0 Å². The molecule has 1 aliphatic rings. The molecule has 7 nitrogen and oxygen atoms in total. The van der Waals surface area contributed by atoms with Crippen molar-refractivity contribution in [1.29, 1.82) is 5.26 Å². The molecule has 3 atom stereocenters. The van der Waals surface area contributed by atoms with Gasteiger partial charge in [0.2, 0.25) is 5.28 Å². The van der Waals surface area contributed by atoms with Crippen molar-refractivity contribution in [2.75, 3.05) is 5.75 Å². The molecule has 1 heterocycles. The summed E-state index contributed by atoms with van der Waals surface area (Å²) < 4.78 is 54.1. The van der Waals surface area contributed by atoms with Crippen LogP contribution in [0.2, 0.25) is 5.28 Å². The highest BCUT2D eigenvalue weighted by Gasteiger charge is 2.55. The Balaban J connectivity index is 2.56. The lowest BCUT2D eigenvalue weighted by Gasteiger charge is -2.36. The van der Waals surface area contributed by atoms with Crippen LogP contribution in [0.25, 0.3) is 0 Å². The molecule has 1 saturated carbocycles. The van der Waals surface area contributed by atoms with Crippen LogP contribution in [-0.2, 0) is 26.7 Å². The van der Waals surface area contributed by atoms with Crippen molar-refractivity contribution >= 4 is 32.8 Å². The molecule has 2 rings (SSSR count). The second-order valence-corrected chi connectivity index (χ2v) is 13.1. The van der Waals surface area contributed by atoms with Crippen LogP contribution in [-0.4, -0.2) is 38.2 Å². The molecule has 1 N–H and O–H groups in total. The smallest absolute Gasteiger partial charge is 0.222 e. The lowest BCUT2D eigenvalue weighted by Crippen LogP contribution is -2.56. The van der Waals surface area contributed by atoms with Gasteiger partial charge in [0, 0.05) is 11.4 Å². The van der Waals surface area contributed by atoms with Gasteiger partial charge in [0.25, 0.3) is 0 Å². The second-order valence-electron chi connectivity index (χ2n) is 8.40. The summed E-state index contributed by atoms with van der Waals surface area (Å²) in [6.45, 7) is 7.85. The summed E-state index contributed by atoms with van der Waals surface area (Å²) in [7, 11) is -4.06. The van der Waals surface area contributed by atoms with Gasteiger partial charge in [-0.15, -0.1) is 4.72 Å². The van der Waals surface area contributed by atoms with E-state index in [0.717, 1.165) is 6.20 Å². The third-order valence-electron chi connectivity index (χ3n) is 4.81. The van der Waals surface area contributed by atoms with Crippen LogP contribution in [0.4, 0.5) is 4.39 Å². The predicted octanol–water partition coefficient (Wildman–Crippen LogP) is 2.64. The minimum absolute atomic E-state index is 0.270. The second kappa shape index (κ2) is 7.69. The van der Waals surface area contributed by atoms with E-state index in [1.54, 1.807) is 20.8 Å². The average Bonchev–Trinajstić information content (AvgIpc) is 3.39. The molecular formula is C17H24ClFN4O3S2. The van der Waals surface area contributed by atoms with E-state index in [1.165, 1.54) is 13.8 Å². The summed E-state index contributed by atoms with van der Waals surface area (Å²) in [6, 6.07) is 1.92. The molecule has 0 amide bonds. The van der Waals surface area contributed by atoms with E-state index in [2.05, 4.69) is 14.7 Å². The number of sulfone groups is 1. The molecule has 0 bridgehead atoms. The van der Waals surface area contributed by atoms with Crippen molar-refractivity contribution in [3.8, 4) is 6.07 Å². The topological polar surface area (TPSA) is 119 Å². The summed E-state index contributed by atoms with van der Waals surface area (Å²) in [5.41, 5.74) is -2.01. The molecule has 0 radical (unpaired) electrons. The Bertz CT molecular complexity index is 899. The molecule has 1 fully saturated rings. The van der Waals surface area contributed by atoms with Gasteiger partial charge in [-0.3, -0.25) is 0 Å². The molecule has 1 aromatic rings. The fourth-order valence-electron chi connectivity index (χ4n) is 2.82. The number of aromatic nitrogens is 2. The Labute approximate surface area is 173 Å². The third-order valence-corrected chi connectivity index (χ3v) is 9.42. The average molecular weight is 451 g/mol. The number of nitrogens with one attached hydrogen (secondary N) is 1.